The van der Waals surface area contributed by atoms with E-state index in [1.807, 2.05) is 0 Å². The smallest absolute Gasteiger partial charge is 0.341 e. The molecule has 103 valence electrons. The van der Waals surface area contributed by atoms with E-state index in [4.69, 9.17) is 29.8 Å². The first kappa shape index (κ1) is 20.7. The Labute approximate surface area is 126 Å². The fraction of sp³-hybridized carbons (Fsp3) is 0.600. The average Bonchev–Trinajstić information content (AvgIpc) is 1.95. The van der Waals surface area contributed by atoms with Crippen LogP contribution in [-0.2, 0) is 51.4 Å². The third-order valence-corrected chi connectivity index (χ3v) is 5.66. The Morgan fingerprint density at radius 2 is 1.28 bits per heavy atom. The number of carboxylic acid groups (broad SMARTS) is 2. The summed E-state index contributed by atoms with van der Waals surface area (Å²) >= 11 is 0. The maximum atomic E-state index is 10.9. The van der Waals surface area contributed by atoms with Gasteiger partial charge in [-0.1, -0.05) is 0 Å². The summed E-state index contributed by atoms with van der Waals surface area (Å²) in [6.07, 6.45) is -1.31. The van der Waals surface area contributed by atoms with Crippen molar-refractivity contribution in [2.75, 3.05) is 0 Å². The van der Waals surface area contributed by atoms with Crippen molar-refractivity contribution in [3.05, 3.63) is 0 Å². The Morgan fingerprint density at radius 1 is 0.944 bits per heavy atom. The van der Waals surface area contributed by atoms with Gasteiger partial charge in [0.2, 0.25) is 0 Å². The molecule has 0 bridgehead atoms. The minimum atomic E-state index is -5.47. The van der Waals surface area contributed by atoms with Gasteiger partial charge in [-0.3, -0.25) is 18.7 Å². The van der Waals surface area contributed by atoms with Gasteiger partial charge in [0.25, 0.3) is 0 Å². The van der Waals surface area contributed by atoms with Crippen LogP contribution in [0, 0.1) is 5.92 Å². The molecule has 0 fully saturated rings. The Hall–Kier alpha value is 0.344. The van der Waals surface area contributed by atoms with E-state index < -0.39 is 44.9 Å². The van der Waals surface area contributed by atoms with Crippen molar-refractivity contribution < 1.29 is 81.2 Å². The summed E-state index contributed by atoms with van der Waals surface area (Å²) in [6.45, 7) is 0. The molecule has 13 heteroatoms. The molecule has 0 spiro atoms. The quantitative estimate of drug-likeness (QED) is 0.306. The topological polar surface area (TPSA) is 190 Å². The van der Waals surface area contributed by atoms with E-state index in [1.165, 1.54) is 0 Å². The number of carboxylic acids is 2. The molecule has 0 aliphatic heterocycles. The van der Waals surface area contributed by atoms with Gasteiger partial charge in [0, 0.05) is 32.7 Å². The van der Waals surface area contributed by atoms with Crippen LogP contribution < -0.4 is 0 Å². The molecule has 0 rings (SSSR count). The largest absolute Gasteiger partial charge is 0.481 e. The summed E-state index contributed by atoms with van der Waals surface area (Å²) in [6, 6.07) is 0. The first-order valence-electron chi connectivity index (χ1n) is 3.92. The second-order valence-corrected chi connectivity index (χ2v) is 7.01. The molecule has 1 atom stereocenters. The predicted molar refractivity (Wildman–Crippen MR) is 51.3 cm³/mol. The minimum Gasteiger partial charge on any atom is -0.481 e. The van der Waals surface area contributed by atoms with Crippen LogP contribution in [0.5, 0.6) is 0 Å². The molecule has 1 radical (unpaired) electrons. The Bertz CT molecular complexity index is 386. The molecular weight excluding hydrogens is 372 g/mol. The van der Waals surface area contributed by atoms with Gasteiger partial charge >= 0.3 is 27.1 Å². The van der Waals surface area contributed by atoms with E-state index in [9.17, 15) is 18.7 Å². The van der Waals surface area contributed by atoms with E-state index in [0.29, 0.717) is 0 Å². The van der Waals surface area contributed by atoms with E-state index in [1.54, 1.807) is 0 Å². The molecule has 1 unspecified atom stereocenters. The van der Waals surface area contributed by atoms with Crippen molar-refractivity contribution in [2.24, 2.45) is 5.92 Å². The summed E-state index contributed by atoms with van der Waals surface area (Å²) in [7, 11) is -10.9. The zero-order chi connectivity index (χ0) is 14.0. The number of hydrogen-bond acceptors (Lipinski definition) is 4. The Kier molecular flexibility index (Phi) is 8.28. The molecule has 18 heavy (non-hydrogen) atoms. The molecule has 0 heterocycles. The van der Waals surface area contributed by atoms with Gasteiger partial charge in [0.05, 0.1) is 12.3 Å². The van der Waals surface area contributed by atoms with Crippen molar-refractivity contribution in [1.29, 1.82) is 0 Å². The van der Waals surface area contributed by atoms with Crippen LogP contribution in [0.1, 0.15) is 6.42 Å². The molecule has 0 amide bonds. The molecule has 0 saturated carbocycles. The van der Waals surface area contributed by atoms with Gasteiger partial charge < -0.3 is 29.8 Å². The molecule has 0 aromatic rings. The zero-order valence-electron chi connectivity index (χ0n) is 8.65. The van der Waals surface area contributed by atoms with Gasteiger partial charge in [-0.15, -0.1) is 0 Å². The molecule has 0 aliphatic carbocycles. The van der Waals surface area contributed by atoms with Crippen molar-refractivity contribution >= 4 is 27.1 Å². The zero-order valence-corrected chi connectivity index (χ0v) is 13.3. The summed E-state index contributed by atoms with van der Waals surface area (Å²) in [5.41, 5.74) is 0. The number of carbonyl (C=O) groups is 2. The van der Waals surface area contributed by atoms with Crippen molar-refractivity contribution in [3.63, 3.8) is 0 Å². The summed E-state index contributed by atoms with van der Waals surface area (Å²) < 4.78 is 21.7. The number of rotatable bonds is 6. The van der Waals surface area contributed by atoms with E-state index in [2.05, 4.69) is 0 Å². The number of aliphatic carboxylic acids is 2. The van der Waals surface area contributed by atoms with Gasteiger partial charge in [0.1, 0.15) is 0 Å². The van der Waals surface area contributed by atoms with Gasteiger partial charge in [-0.05, 0) is 0 Å². The number of hydrogen-bond donors (Lipinski definition) is 6. The average molecular weight is 382 g/mol. The van der Waals surface area contributed by atoms with Crippen LogP contribution in [0.3, 0.4) is 0 Å². The minimum absolute atomic E-state index is 0. The Balaban J connectivity index is 0. The maximum absolute atomic E-state index is 10.9. The molecule has 0 aromatic carbocycles. The second kappa shape index (κ2) is 7.21. The van der Waals surface area contributed by atoms with Gasteiger partial charge in [-0.2, -0.15) is 0 Å². The van der Waals surface area contributed by atoms with Crippen LogP contribution in [0.15, 0.2) is 0 Å². The van der Waals surface area contributed by atoms with Gasteiger partial charge in [-0.25, -0.2) is 0 Å². The molecule has 0 saturated heterocycles. The third kappa shape index (κ3) is 6.49. The third-order valence-electron chi connectivity index (χ3n) is 1.76. The van der Waals surface area contributed by atoms with Crippen LogP contribution in [-0.4, -0.2) is 47.1 Å². The molecule has 0 aliphatic rings. The van der Waals surface area contributed by atoms with Crippen LogP contribution >= 0.6 is 15.2 Å². The standard InChI is InChI=1S/C5H10O10P2.Y/c6-3(7)1-2(4(8)9)5(16(10,11)12)17(13,14)15;/h2,5H,1H2,(H,6,7)(H,8,9)(H2,10,11,12)(H2,13,14,15);/i;1+1. The van der Waals surface area contributed by atoms with Crippen molar-refractivity contribution in [2.45, 2.75) is 11.8 Å². The summed E-state index contributed by atoms with van der Waals surface area (Å²) in [5.74, 6) is -6.14. The van der Waals surface area contributed by atoms with Crippen molar-refractivity contribution in [1.82, 2.24) is 0 Å². The molecular formula is C5H10O10P2Y. The van der Waals surface area contributed by atoms with Gasteiger partial charge in [0.15, 0.2) is 5.40 Å². The van der Waals surface area contributed by atoms with Crippen LogP contribution in [0.4, 0.5) is 0 Å². The first-order chi connectivity index (χ1) is 7.37. The second-order valence-electron chi connectivity index (χ2n) is 3.13. The fourth-order valence-corrected chi connectivity index (χ4v) is 4.14. The van der Waals surface area contributed by atoms with E-state index in [0.717, 1.165) is 0 Å². The molecule has 10 nitrogen and oxygen atoms in total. The first-order valence-corrected chi connectivity index (χ1v) is 7.28. The summed E-state index contributed by atoms with van der Waals surface area (Å²) in [5, 5.41) is 14.0. The SMILES string of the molecule is O=C(O)CC(C(=O)O)C(P(=O)(O)O)P(=O)(O)O.[90Y]. The van der Waals surface area contributed by atoms with E-state index >= 15 is 0 Å². The van der Waals surface area contributed by atoms with Crippen LogP contribution in [0.2, 0.25) is 0 Å². The fourth-order valence-electron chi connectivity index (χ4n) is 1.17. The molecule has 6 N–H and O–H groups in total. The summed E-state index contributed by atoms with van der Waals surface area (Å²) in [4.78, 5) is 55.8. The monoisotopic (exact) mass is 382 g/mol. The predicted octanol–water partition coefficient (Wildman–Crippen LogP) is -1.16. The van der Waals surface area contributed by atoms with E-state index in [-0.39, 0.29) is 32.7 Å². The van der Waals surface area contributed by atoms with Crippen LogP contribution in [0.25, 0.3) is 0 Å². The van der Waals surface area contributed by atoms with Crippen molar-refractivity contribution in [3.8, 4) is 0 Å². The Morgan fingerprint density at radius 3 is 1.44 bits per heavy atom. The maximum Gasteiger partial charge on any atom is 0.341 e. The normalized spacial score (nSPS) is 13.8. The molecule has 0 aromatic heterocycles.